The fourth-order valence-corrected chi connectivity index (χ4v) is 3.29. The Kier molecular flexibility index (Phi) is 5.12. The van der Waals surface area contributed by atoms with Crippen LogP contribution in [0.2, 0.25) is 0 Å². The van der Waals surface area contributed by atoms with Crippen LogP contribution in [0.25, 0.3) is 0 Å². The largest absolute Gasteiger partial charge is 0.468 e. The topological polar surface area (TPSA) is 92.7 Å². The highest BCUT2D eigenvalue weighted by Gasteiger charge is 2.36. The minimum absolute atomic E-state index is 0.0396. The smallest absolute Gasteiger partial charge is 0.325 e. The fourth-order valence-electron chi connectivity index (χ4n) is 2.19. The van der Waals surface area contributed by atoms with E-state index in [1.54, 1.807) is 0 Å². The van der Waals surface area contributed by atoms with E-state index in [9.17, 15) is 18.3 Å². The Morgan fingerprint density at radius 1 is 1.44 bits per heavy atom. The van der Waals surface area contributed by atoms with E-state index in [1.165, 1.54) is 6.92 Å². The summed E-state index contributed by atoms with van der Waals surface area (Å²) in [6.45, 7) is 1.42. The second kappa shape index (κ2) is 5.99. The van der Waals surface area contributed by atoms with E-state index in [-0.39, 0.29) is 18.6 Å². The van der Waals surface area contributed by atoms with Crippen molar-refractivity contribution in [3.63, 3.8) is 0 Å². The summed E-state index contributed by atoms with van der Waals surface area (Å²) in [6, 6.07) is 0. The molecule has 1 aliphatic rings. The van der Waals surface area contributed by atoms with Gasteiger partial charge in [0.15, 0.2) is 5.25 Å². The molecular formula is C11H21NO5S. The monoisotopic (exact) mass is 279 g/mol. The van der Waals surface area contributed by atoms with Gasteiger partial charge in [0.25, 0.3) is 0 Å². The first-order valence-electron chi connectivity index (χ1n) is 6.04. The first kappa shape index (κ1) is 15.4. The van der Waals surface area contributed by atoms with Crippen molar-refractivity contribution in [2.75, 3.05) is 20.3 Å². The highest BCUT2D eigenvalue weighted by molar-refractivity contribution is 7.90. The molecule has 0 aromatic rings. The van der Waals surface area contributed by atoms with Gasteiger partial charge in [-0.05, 0) is 19.8 Å². The molecule has 6 nitrogen and oxygen atoms in total. The Labute approximate surface area is 108 Å². The molecule has 1 rings (SSSR count). The lowest BCUT2D eigenvalue weighted by Crippen LogP contribution is -2.44. The van der Waals surface area contributed by atoms with Gasteiger partial charge in [0.05, 0.1) is 7.11 Å². The van der Waals surface area contributed by atoms with Crippen molar-refractivity contribution >= 4 is 16.0 Å². The third-order valence-electron chi connectivity index (χ3n) is 3.65. The van der Waals surface area contributed by atoms with Crippen LogP contribution in [-0.2, 0) is 19.6 Å². The molecule has 0 spiro atoms. The predicted octanol–water partition coefficient (Wildman–Crippen LogP) is 0.0200. The molecule has 0 aromatic heterocycles. The summed E-state index contributed by atoms with van der Waals surface area (Å²) >= 11 is 0. The molecule has 0 amide bonds. The number of sulfonamides is 1. The van der Waals surface area contributed by atoms with Crippen molar-refractivity contribution in [3.05, 3.63) is 0 Å². The number of aliphatic hydroxyl groups is 1. The number of rotatable bonds is 6. The second-order valence-electron chi connectivity index (χ2n) is 4.90. The lowest BCUT2D eigenvalue weighted by Gasteiger charge is -2.27. The van der Waals surface area contributed by atoms with Crippen LogP contribution in [0.4, 0.5) is 0 Å². The van der Waals surface area contributed by atoms with Gasteiger partial charge in [-0.3, -0.25) is 4.79 Å². The molecule has 2 N–H and O–H groups in total. The van der Waals surface area contributed by atoms with E-state index >= 15 is 0 Å². The van der Waals surface area contributed by atoms with Crippen LogP contribution in [0.15, 0.2) is 0 Å². The van der Waals surface area contributed by atoms with Crippen LogP contribution < -0.4 is 4.72 Å². The molecule has 0 bridgehead atoms. The Morgan fingerprint density at radius 2 is 2.00 bits per heavy atom. The molecule has 0 aliphatic heterocycles. The van der Waals surface area contributed by atoms with Crippen molar-refractivity contribution in [2.45, 2.75) is 37.9 Å². The van der Waals surface area contributed by atoms with Gasteiger partial charge in [-0.1, -0.05) is 12.8 Å². The van der Waals surface area contributed by atoms with Crippen LogP contribution >= 0.6 is 0 Å². The molecular weight excluding hydrogens is 258 g/mol. The highest BCUT2D eigenvalue weighted by Crippen LogP contribution is 2.37. The van der Waals surface area contributed by atoms with Crippen molar-refractivity contribution < 1.29 is 23.1 Å². The fraction of sp³-hybridized carbons (Fsp3) is 0.909. The van der Waals surface area contributed by atoms with Gasteiger partial charge < -0.3 is 9.84 Å². The number of carbonyl (C=O) groups excluding carboxylic acids is 1. The summed E-state index contributed by atoms with van der Waals surface area (Å²) in [7, 11) is -2.59. The minimum atomic E-state index is -3.74. The average Bonchev–Trinajstić information content (AvgIpc) is 2.84. The van der Waals surface area contributed by atoms with Gasteiger partial charge in [-0.25, -0.2) is 13.1 Å². The van der Waals surface area contributed by atoms with Crippen molar-refractivity contribution in [1.82, 2.24) is 4.72 Å². The van der Waals surface area contributed by atoms with Crippen LogP contribution in [0, 0.1) is 5.41 Å². The molecule has 1 atom stereocenters. The number of hydrogen-bond donors (Lipinski definition) is 2. The van der Waals surface area contributed by atoms with Gasteiger partial charge >= 0.3 is 5.97 Å². The zero-order valence-electron chi connectivity index (χ0n) is 10.8. The highest BCUT2D eigenvalue weighted by atomic mass is 32.2. The van der Waals surface area contributed by atoms with Crippen LogP contribution in [0.1, 0.15) is 32.6 Å². The number of esters is 1. The standard InChI is InChI=1S/C11H21NO5S/c1-9(10(14)17-2)18(15,16)12-7-11(8-13)5-3-4-6-11/h9,12-13H,3-8H2,1-2H3. The van der Waals surface area contributed by atoms with E-state index in [4.69, 9.17) is 0 Å². The van der Waals surface area contributed by atoms with Gasteiger partial charge in [0.2, 0.25) is 10.0 Å². The Hall–Kier alpha value is -0.660. The maximum Gasteiger partial charge on any atom is 0.325 e. The molecule has 106 valence electrons. The summed E-state index contributed by atoms with van der Waals surface area (Å²) in [5, 5.41) is 8.14. The quantitative estimate of drug-likeness (QED) is 0.669. The molecule has 0 aromatic carbocycles. The zero-order chi connectivity index (χ0) is 13.8. The second-order valence-corrected chi connectivity index (χ2v) is 6.98. The molecule has 1 fully saturated rings. The third kappa shape index (κ3) is 3.43. The minimum Gasteiger partial charge on any atom is -0.468 e. The van der Waals surface area contributed by atoms with Crippen LogP contribution in [-0.4, -0.2) is 45.0 Å². The van der Waals surface area contributed by atoms with Crippen molar-refractivity contribution in [3.8, 4) is 0 Å². The van der Waals surface area contributed by atoms with E-state index in [2.05, 4.69) is 9.46 Å². The SMILES string of the molecule is COC(=O)C(C)S(=O)(=O)NCC1(CO)CCCC1. The number of aliphatic hydroxyl groups excluding tert-OH is 1. The third-order valence-corrected chi connectivity index (χ3v) is 5.32. The molecule has 1 aliphatic carbocycles. The van der Waals surface area contributed by atoms with Crippen molar-refractivity contribution in [1.29, 1.82) is 0 Å². The maximum atomic E-state index is 11.9. The van der Waals surface area contributed by atoms with Gasteiger partial charge in [-0.15, -0.1) is 0 Å². The molecule has 7 heteroatoms. The number of methoxy groups -OCH3 is 1. The Morgan fingerprint density at radius 3 is 2.44 bits per heavy atom. The van der Waals surface area contributed by atoms with Gasteiger partial charge in [0, 0.05) is 18.6 Å². The average molecular weight is 279 g/mol. The lowest BCUT2D eigenvalue weighted by molar-refractivity contribution is -0.139. The van der Waals surface area contributed by atoms with E-state index in [0.29, 0.717) is 0 Å². The molecule has 0 saturated heterocycles. The van der Waals surface area contributed by atoms with E-state index < -0.39 is 21.2 Å². The van der Waals surface area contributed by atoms with Crippen LogP contribution in [0.5, 0.6) is 0 Å². The Balaban J connectivity index is 2.64. The molecule has 1 unspecified atom stereocenters. The lowest BCUT2D eigenvalue weighted by atomic mass is 9.88. The molecule has 1 saturated carbocycles. The molecule has 18 heavy (non-hydrogen) atoms. The summed E-state index contributed by atoms with van der Waals surface area (Å²) < 4.78 is 30.5. The summed E-state index contributed by atoms with van der Waals surface area (Å²) in [5.41, 5.74) is -0.372. The van der Waals surface area contributed by atoms with Gasteiger partial charge in [0.1, 0.15) is 0 Å². The number of carbonyl (C=O) groups is 1. The van der Waals surface area contributed by atoms with E-state index in [1.807, 2.05) is 0 Å². The first-order valence-corrected chi connectivity index (χ1v) is 7.59. The number of ether oxygens (including phenoxy) is 1. The number of nitrogens with one attached hydrogen (secondary N) is 1. The number of hydrogen-bond acceptors (Lipinski definition) is 5. The summed E-state index contributed by atoms with van der Waals surface area (Å²) in [5.74, 6) is -0.785. The first-order chi connectivity index (χ1) is 8.37. The predicted molar refractivity (Wildman–Crippen MR) is 66.4 cm³/mol. The Bertz CT molecular complexity index is 386. The molecule has 0 radical (unpaired) electrons. The zero-order valence-corrected chi connectivity index (χ0v) is 11.6. The summed E-state index contributed by atoms with van der Waals surface area (Å²) in [4.78, 5) is 11.2. The summed E-state index contributed by atoms with van der Waals surface area (Å²) in [6.07, 6.45) is 3.60. The normalized spacial score (nSPS) is 20.6. The van der Waals surface area contributed by atoms with Crippen molar-refractivity contribution in [2.24, 2.45) is 5.41 Å². The van der Waals surface area contributed by atoms with E-state index in [0.717, 1.165) is 32.8 Å². The van der Waals surface area contributed by atoms with Crippen LogP contribution in [0.3, 0.4) is 0 Å². The molecule has 0 heterocycles. The van der Waals surface area contributed by atoms with Gasteiger partial charge in [-0.2, -0.15) is 0 Å². The maximum absolute atomic E-state index is 11.9.